The number of nitrogens with zero attached hydrogens (tertiary/aromatic N) is 6. The van der Waals surface area contributed by atoms with E-state index in [1.807, 2.05) is 44.0 Å². The van der Waals surface area contributed by atoms with E-state index in [2.05, 4.69) is 25.3 Å². The highest BCUT2D eigenvalue weighted by atomic mass is 32.2. The first-order valence-corrected chi connectivity index (χ1v) is 11.5. The highest BCUT2D eigenvalue weighted by Crippen LogP contribution is 2.24. The molecule has 0 atom stereocenters. The number of anilines is 1. The van der Waals surface area contributed by atoms with Crippen LogP contribution in [0, 0.1) is 13.8 Å². The summed E-state index contributed by atoms with van der Waals surface area (Å²) in [5, 5.41) is 8.86. The lowest BCUT2D eigenvalue weighted by Gasteiger charge is -2.34. The van der Waals surface area contributed by atoms with Crippen LogP contribution in [0.3, 0.4) is 0 Å². The van der Waals surface area contributed by atoms with E-state index in [1.54, 1.807) is 10.9 Å². The number of rotatable bonds is 6. The Balaban J connectivity index is 1.25. The third-order valence-corrected chi connectivity index (χ3v) is 6.65. The molecular weight excluding hydrogens is 426 g/mol. The van der Waals surface area contributed by atoms with Crippen molar-refractivity contribution < 1.29 is 9.59 Å². The summed E-state index contributed by atoms with van der Waals surface area (Å²) in [5.41, 5.74) is 3.75. The number of fused-ring (bicyclic) bond motifs is 1. The molecule has 1 aliphatic heterocycles. The number of carbonyl (C=O) groups excluding carboxylic acids is 2. The molecule has 4 rings (SSSR count). The van der Waals surface area contributed by atoms with Gasteiger partial charge in [-0.2, -0.15) is 5.10 Å². The van der Waals surface area contributed by atoms with Crippen LogP contribution in [0.4, 0.5) is 5.69 Å². The SMILES string of the molecule is Cc1cccc(C)c1NC(=O)CN1CCN(C(=O)CSc2ncnc3c2cnn3C)CC1. The summed E-state index contributed by atoms with van der Waals surface area (Å²) in [4.78, 5) is 37.7. The van der Waals surface area contributed by atoms with E-state index in [-0.39, 0.29) is 11.8 Å². The molecule has 0 saturated carbocycles. The van der Waals surface area contributed by atoms with Gasteiger partial charge in [0.15, 0.2) is 5.65 Å². The molecule has 2 amide bonds. The van der Waals surface area contributed by atoms with Crippen LogP contribution < -0.4 is 5.32 Å². The number of nitrogens with one attached hydrogen (secondary N) is 1. The molecular formula is C22H27N7O2S. The van der Waals surface area contributed by atoms with Crippen molar-refractivity contribution >= 4 is 40.3 Å². The molecule has 1 N–H and O–H groups in total. The van der Waals surface area contributed by atoms with Gasteiger partial charge in [0.05, 0.1) is 23.9 Å². The van der Waals surface area contributed by atoms with Crippen LogP contribution in [0.2, 0.25) is 0 Å². The lowest BCUT2D eigenvalue weighted by molar-refractivity contribution is -0.130. The number of amides is 2. The van der Waals surface area contributed by atoms with Crippen molar-refractivity contribution in [3.05, 3.63) is 41.9 Å². The van der Waals surface area contributed by atoms with Gasteiger partial charge in [0.1, 0.15) is 11.4 Å². The molecule has 1 saturated heterocycles. The number of benzene rings is 1. The molecule has 32 heavy (non-hydrogen) atoms. The van der Waals surface area contributed by atoms with Gasteiger partial charge in [-0.1, -0.05) is 30.0 Å². The number of hydrogen-bond donors (Lipinski definition) is 1. The van der Waals surface area contributed by atoms with Crippen LogP contribution >= 0.6 is 11.8 Å². The van der Waals surface area contributed by atoms with Crippen LogP contribution in [-0.4, -0.2) is 79.8 Å². The molecule has 0 bridgehead atoms. The Bertz CT molecular complexity index is 1120. The van der Waals surface area contributed by atoms with Gasteiger partial charge in [0, 0.05) is 38.9 Å². The molecule has 0 radical (unpaired) electrons. The van der Waals surface area contributed by atoms with Crippen LogP contribution in [0.5, 0.6) is 0 Å². The van der Waals surface area contributed by atoms with E-state index in [4.69, 9.17) is 0 Å². The maximum absolute atomic E-state index is 12.7. The Hall–Kier alpha value is -2.98. The predicted octanol–water partition coefficient (Wildman–Crippen LogP) is 1.86. The van der Waals surface area contributed by atoms with Crippen LogP contribution in [-0.2, 0) is 16.6 Å². The van der Waals surface area contributed by atoms with Gasteiger partial charge in [-0.3, -0.25) is 19.2 Å². The number of para-hydroxylation sites is 1. The Labute approximate surface area is 191 Å². The summed E-state index contributed by atoms with van der Waals surface area (Å²) < 4.78 is 1.69. The molecule has 1 fully saturated rings. The molecule has 0 spiro atoms. The van der Waals surface area contributed by atoms with Gasteiger partial charge in [0.25, 0.3) is 0 Å². The van der Waals surface area contributed by atoms with Crippen molar-refractivity contribution in [1.82, 2.24) is 29.5 Å². The Morgan fingerprint density at radius 1 is 1.09 bits per heavy atom. The van der Waals surface area contributed by atoms with E-state index in [9.17, 15) is 9.59 Å². The van der Waals surface area contributed by atoms with E-state index in [0.717, 1.165) is 32.9 Å². The van der Waals surface area contributed by atoms with Crippen molar-refractivity contribution in [2.75, 3.05) is 43.8 Å². The van der Waals surface area contributed by atoms with Gasteiger partial charge < -0.3 is 10.2 Å². The number of piperazine rings is 1. The second-order valence-electron chi connectivity index (χ2n) is 7.94. The predicted molar refractivity (Wildman–Crippen MR) is 125 cm³/mol. The molecule has 3 heterocycles. The number of hydrogen-bond acceptors (Lipinski definition) is 7. The average Bonchev–Trinajstić information content (AvgIpc) is 3.17. The number of aromatic nitrogens is 4. The maximum Gasteiger partial charge on any atom is 0.238 e. The van der Waals surface area contributed by atoms with Gasteiger partial charge in [-0.15, -0.1) is 0 Å². The average molecular weight is 454 g/mol. The smallest absolute Gasteiger partial charge is 0.238 e. The Kier molecular flexibility index (Phi) is 6.71. The number of aryl methyl sites for hydroxylation is 3. The number of thioether (sulfide) groups is 1. The standard InChI is InChI=1S/C22H27N7O2S/c1-15-5-4-6-16(2)20(15)26-18(30)12-28-7-9-29(10-8-28)19(31)13-32-22-17-11-25-27(3)21(17)23-14-24-22/h4-6,11,14H,7-10,12-13H2,1-3H3,(H,26,30). The van der Waals surface area contributed by atoms with Crippen LogP contribution in [0.1, 0.15) is 11.1 Å². The molecule has 3 aromatic rings. The van der Waals surface area contributed by atoms with Crippen molar-refractivity contribution in [3.63, 3.8) is 0 Å². The zero-order valence-corrected chi connectivity index (χ0v) is 19.4. The first-order valence-electron chi connectivity index (χ1n) is 10.5. The summed E-state index contributed by atoms with van der Waals surface area (Å²) >= 11 is 1.41. The largest absolute Gasteiger partial charge is 0.339 e. The summed E-state index contributed by atoms with van der Waals surface area (Å²) in [6, 6.07) is 5.97. The highest BCUT2D eigenvalue weighted by Gasteiger charge is 2.23. The van der Waals surface area contributed by atoms with E-state index in [1.165, 1.54) is 18.1 Å². The van der Waals surface area contributed by atoms with Gasteiger partial charge >= 0.3 is 0 Å². The molecule has 10 heteroatoms. The maximum atomic E-state index is 12.7. The zero-order valence-electron chi connectivity index (χ0n) is 18.5. The van der Waals surface area contributed by atoms with Gasteiger partial charge in [-0.25, -0.2) is 9.97 Å². The van der Waals surface area contributed by atoms with E-state index >= 15 is 0 Å². The molecule has 2 aromatic heterocycles. The molecule has 0 aliphatic carbocycles. The first-order chi connectivity index (χ1) is 15.4. The quantitative estimate of drug-likeness (QED) is 0.449. The van der Waals surface area contributed by atoms with Gasteiger partial charge in [-0.05, 0) is 25.0 Å². The normalized spacial score (nSPS) is 14.7. The summed E-state index contributed by atoms with van der Waals surface area (Å²) in [5.74, 6) is 0.362. The molecule has 9 nitrogen and oxygen atoms in total. The minimum Gasteiger partial charge on any atom is -0.339 e. The van der Waals surface area contributed by atoms with Crippen LogP contribution in [0.15, 0.2) is 35.7 Å². The fourth-order valence-corrected chi connectivity index (χ4v) is 4.69. The monoisotopic (exact) mass is 453 g/mol. The fraction of sp³-hybridized carbons (Fsp3) is 0.409. The minimum absolute atomic E-state index is 0.0259. The second kappa shape index (κ2) is 9.66. The highest BCUT2D eigenvalue weighted by molar-refractivity contribution is 8.00. The molecule has 1 aromatic carbocycles. The molecule has 1 aliphatic rings. The first kappa shape index (κ1) is 22.2. The lowest BCUT2D eigenvalue weighted by atomic mass is 10.1. The van der Waals surface area contributed by atoms with Crippen molar-refractivity contribution in [3.8, 4) is 0 Å². The Morgan fingerprint density at radius 3 is 2.53 bits per heavy atom. The van der Waals surface area contributed by atoms with Crippen molar-refractivity contribution in [2.24, 2.45) is 7.05 Å². The summed E-state index contributed by atoms with van der Waals surface area (Å²) in [6.07, 6.45) is 3.23. The minimum atomic E-state index is -0.0259. The van der Waals surface area contributed by atoms with E-state index < -0.39 is 0 Å². The van der Waals surface area contributed by atoms with E-state index in [0.29, 0.717) is 38.5 Å². The third-order valence-electron chi connectivity index (χ3n) is 5.66. The number of carbonyl (C=O) groups is 2. The second-order valence-corrected chi connectivity index (χ2v) is 8.91. The third kappa shape index (κ3) is 4.91. The molecule has 0 unspecified atom stereocenters. The lowest BCUT2D eigenvalue weighted by Crippen LogP contribution is -2.50. The van der Waals surface area contributed by atoms with Gasteiger partial charge in [0.2, 0.25) is 11.8 Å². The summed E-state index contributed by atoms with van der Waals surface area (Å²) in [7, 11) is 1.83. The fourth-order valence-electron chi connectivity index (χ4n) is 3.83. The van der Waals surface area contributed by atoms with Crippen LogP contribution in [0.25, 0.3) is 11.0 Å². The molecule has 168 valence electrons. The van der Waals surface area contributed by atoms with Crippen molar-refractivity contribution in [1.29, 1.82) is 0 Å². The van der Waals surface area contributed by atoms with Crippen molar-refractivity contribution in [2.45, 2.75) is 18.9 Å². The summed E-state index contributed by atoms with van der Waals surface area (Å²) in [6.45, 7) is 6.89. The Morgan fingerprint density at radius 2 is 1.81 bits per heavy atom. The zero-order chi connectivity index (χ0) is 22.7. The topological polar surface area (TPSA) is 96.2 Å².